The van der Waals surface area contributed by atoms with Crippen LogP contribution in [-0.2, 0) is 4.79 Å². The maximum atomic E-state index is 12.4. The van der Waals surface area contributed by atoms with E-state index in [2.05, 4.69) is 22.3 Å². The summed E-state index contributed by atoms with van der Waals surface area (Å²) < 4.78 is 5.26. The second-order valence-electron chi connectivity index (χ2n) is 5.13. The van der Waals surface area contributed by atoms with Crippen molar-refractivity contribution < 1.29 is 9.53 Å². The van der Waals surface area contributed by atoms with E-state index in [0.717, 1.165) is 18.0 Å². The molecule has 1 heterocycles. The van der Waals surface area contributed by atoms with Crippen LogP contribution in [0.1, 0.15) is 0 Å². The maximum absolute atomic E-state index is 12.4. The van der Waals surface area contributed by atoms with E-state index in [4.69, 9.17) is 16.3 Å². The van der Waals surface area contributed by atoms with Gasteiger partial charge in [-0.05, 0) is 30.3 Å². The largest absolute Gasteiger partial charge is 0.495 e. The molecule has 1 N–H and O–H groups in total. The van der Waals surface area contributed by atoms with Gasteiger partial charge < -0.3 is 15.0 Å². The average molecular weight is 349 g/mol. The van der Waals surface area contributed by atoms with E-state index in [-0.39, 0.29) is 5.91 Å². The van der Waals surface area contributed by atoms with Crippen LogP contribution in [0.3, 0.4) is 0 Å². The molecule has 1 amide bonds. The molecule has 0 unspecified atom stereocenters. The molecule has 0 saturated heterocycles. The molecule has 1 aliphatic rings. The number of halogens is 1. The third-order valence-corrected chi connectivity index (χ3v) is 4.87. The van der Waals surface area contributed by atoms with Crippen molar-refractivity contribution in [3.63, 3.8) is 0 Å². The lowest BCUT2D eigenvalue weighted by atomic mass is 10.2. The van der Waals surface area contributed by atoms with Gasteiger partial charge in [-0.25, -0.2) is 0 Å². The molecular formula is C17H17ClN2O2S. The van der Waals surface area contributed by atoms with Crippen LogP contribution >= 0.6 is 23.4 Å². The van der Waals surface area contributed by atoms with E-state index >= 15 is 0 Å². The van der Waals surface area contributed by atoms with Crippen molar-refractivity contribution in [3.05, 3.63) is 47.5 Å². The Labute approximate surface area is 144 Å². The van der Waals surface area contributed by atoms with E-state index in [1.807, 2.05) is 23.9 Å². The van der Waals surface area contributed by atoms with Gasteiger partial charge in [0.2, 0.25) is 5.91 Å². The van der Waals surface area contributed by atoms with Gasteiger partial charge in [-0.3, -0.25) is 4.79 Å². The Balaban J connectivity index is 1.73. The molecule has 0 aliphatic carbocycles. The molecule has 0 atom stereocenters. The zero-order valence-corrected chi connectivity index (χ0v) is 14.3. The summed E-state index contributed by atoms with van der Waals surface area (Å²) in [6, 6.07) is 13.3. The molecule has 23 heavy (non-hydrogen) atoms. The number of hydrogen-bond acceptors (Lipinski definition) is 4. The summed E-state index contributed by atoms with van der Waals surface area (Å²) in [6.45, 7) is 1.15. The number of carbonyl (C=O) groups excluding carboxylic acids is 1. The average Bonchev–Trinajstić information content (AvgIpc) is 2.55. The van der Waals surface area contributed by atoms with Gasteiger partial charge in [0.1, 0.15) is 5.75 Å². The molecule has 3 rings (SSSR count). The molecule has 4 nitrogen and oxygen atoms in total. The number of benzene rings is 2. The van der Waals surface area contributed by atoms with Crippen LogP contribution in [0.4, 0.5) is 11.4 Å². The topological polar surface area (TPSA) is 41.6 Å². The van der Waals surface area contributed by atoms with Gasteiger partial charge in [0, 0.05) is 22.2 Å². The highest BCUT2D eigenvalue weighted by Gasteiger charge is 2.19. The second kappa shape index (κ2) is 7.15. The van der Waals surface area contributed by atoms with Crippen molar-refractivity contribution in [1.29, 1.82) is 0 Å². The molecule has 0 radical (unpaired) electrons. The molecule has 6 heteroatoms. The van der Waals surface area contributed by atoms with Crippen LogP contribution < -0.4 is 15.0 Å². The van der Waals surface area contributed by atoms with Gasteiger partial charge in [0.05, 0.1) is 25.0 Å². The van der Waals surface area contributed by atoms with Gasteiger partial charge in [0.15, 0.2) is 0 Å². The first kappa shape index (κ1) is 16.0. The minimum absolute atomic E-state index is 0.0905. The number of ether oxygens (including phenoxy) is 1. The van der Waals surface area contributed by atoms with Crippen molar-refractivity contribution in [1.82, 2.24) is 0 Å². The number of carbonyl (C=O) groups is 1. The lowest BCUT2D eigenvalue weighted by molar-refractivity contribution is -0.115. The number of thioether (sulfide) groups is 1. The molecule has 0 bridgehead atoms. The summed E-state index contributed by atoms with van der Waals surface area (Å²) in [5.74, 6) is 1.48. The second-order valence-corrected chi connectivity index (χ2v) is 6.70. The summed E-state index contributed by atoms with van der Waals surface area (Å²) in [7, 11) is 1.57. The molecule has 1 aliphatic heterocycles. The number of nitrogens with zero attached hydrogens (tertiary/aromatic N) is 1. The lowest BCUT2D eigenvalue weighted by Crippen LogP contribution is -2.36. The van der Waals surface area contributed by atoms with Crippen molar-refractivity contribution >= 4 is 40.6 Å². The monoisotopic (exact) mass is 348 g/mol. The fourth-order valence-corrected chi connectivity index (χ4v) is 3.76. The number of amides is 1. The van der Waals surface area contributed by atoms with Gasteiger partial charge in [-0.2, -0.15) is 0 Å². The van der Waals surface area contributed by atoms with Gasteiger partial charge >= 0.3 is 0 Å². The first-order valence-corrected chi connectivity index (χ1v) is 8.64. The van der Waals surface area contributed by atoms with E-state index in [9.17, 15) is 4.79 Å². The number of methoxy groups -OCH3 is 1. The maximum Gasteiger partial charge on any atom is 0.243 e. The molecule has 0 aromatic heterocycles. The predicted octanol–water partition coefficient (Wildman–Crippen LogP) is 3.90. The Hall–Kier alpha value is -1.85. The van der Waals surface area contributed by atoms with E-state index < -0.39 is 0 Å². The van der Waals surface area contributed by atoms with Crippen LogP contribution in [0.15, 0.2) is 47.4 Å². The van der Waals surface area contributed by atoms with Crippen LogP contribution in [0.2, 0.25) is 5.02 Å². The van der Waals surface area contributed by atoms with Crippen LogP contribution in [-0.4, -0.2) is 31.9 Å². The lowest BCUT2D eigenvalue weighted by Gasteiger charge is -2.30. The third kappa shape index (κ3) is 3.74. The SMILES string of the molecule is COc1ccc(Cl)cc1NC(=O)CN1CCSc2ccccc21. The van der Waals surface area contributed by atoms with E-state index in [1.165, 1.54) is 4.90 Å². The number of fused-ring (bicyclic) bond motifs is 1. The third-order valence-electron chi connectivity index (χ3n) is 3.59. The number of hydrogen-bond donors (Lipinski definition) is 1. The zero-order valence-electron chi connectivity index (χ0n) is 12.7. The molecular weight excluding hydrogens is 332 g/mol. The first-order chi connectivity index (χ1) is 11.2. The minimum atomic E-state index is -0.0905. The molecule has 0 fully saturated rings. The quantitative estimate of drug-likeness (QED) is 0.909. The van der Waals surface area contributed by atoms with Crippen molar-refractivity contribution in [2.24, 2.45) is 0 Å². The van der Waals surface area contributed by atoms with Crippen LogP contribution in [0.25, 0.3) is 0 Å². The Morgan fingerprint density at radius 3 is 3.00 bits per heavy atom. The molecule has 0 spiro atoms. The van der Waals surface area contributed by atoms with E-state index in [0.29, 0.717) is 23.0 Å². The van der Waals surface area contributed by atoms with Crippen LogP contribution in [0.5, 0.6) is 5.75 Å². The summed E-state index contributed by atoms with van der Waals surface area (Å²) >= 11 is 7.82. The van der Waals surface area contributed by atoms with E-state index in [1.54, 1.807) is 25.3 Å². The smallest absolute Gasteiger partial charge is 0.243 e. The summed E-state index contributed by atoms with van der Waals surface area (Å²) in [4.78, 5) is 15.7. The predicted molar refractivity (Wildman–Crippen MR) is 96.0 cm³/mol. The number of anilines is 2. The number of para-hydroxylation sites is 1. The highest BCUT2D eigenvalue weighted by atomic mass is 35.5. The van der Waals surface area contributed by atoms with Crippen LogP contribution in [0, 0.1) is 0 Å². The fraction of sp³-hybridized carbons (Fsp3) is 0.235. The standard InChI is InChI=1S/C17H17ClN2O2S/c1-22-15-7-6-12(18)10-13(15)19-17(21)11-20-8-9-23-16-5-3-2-4-14(16)20/h2-7,10H,8-9,11H2,1H3,(H,19,21). The highest BCUT2D eigenvalue weighted by molar-refractivity contribution is 7.99. The summed E-state index contributed by atoms with van der Waals surface area (Å²) in [5, 5.41) is 3.44. The molecule has 120 valence electrons. The molecule has 2 aromatic carbocycles. The Kier molecular flexibility index (Phi) is 4.98. The number of nitrogens with one attached hydrogen (secondary N) is 1. The van der Waals surface area contributed by atoms with Crippen molar-refractivity contribution in [2.75, 3.05) is 36.2 Å². The summed E-state index contributed by atoms with van der Waals surface area (Å²) in [6.07, 6.45) is 0. The Morgan fingerprint density at radius 1 is 1.35 bits per heavy atom. The molecule has 0 saturated carbocycles. The minimum Gasteiger partial charge on any atom is -0.495 e. The number of rotatable bonds is 4. The highest BCUT2D eigenvalue weighted by Crippen LogP contribution is 2.34. The molecule has 2 aromatic rings. The first-order valence-electron chi connectivity index (χ1n) is 7.27. The fourth-order valence-electron chi connectivity index (χ4n) is 2.53. The van der Waals surface area contributed by atoms with Crippen molar-refractivity contribution in [2.45, 2.75) is 4.90 Å². The van der Waals surface area contributed by atoms with Gasteiger partial charge in [-0.1, -0.05) is 23.7 Å². The van der Waals surface area contributed by atoms with Crippen molar-refractivity contribution in [3.8, 4) is 5.75 Å². The van der Waals surface area contributed by atoms with Gasteiger partial charge in [-0.15, -0.1) is 11.8 Å². The Bertz CT molecular complexity index is 723. The summed E-state index contributed by atoms with van der Waals surface area (Å²) in [5.41, 5.74) is 1.70. The Morgan fingerprint density at radius 2 is 2.17 bits per heavy atom. The normalized spacial score (nSPS) is 13.4. The van der Waals surface area contributed by atoms with Gasteiger partial charge in [0.25, 0.3) is 0 Å². The zero-order chi connectivity index (χ0) is 16.2.